The molecular weight excluding hydrogens is 1820 g/mol. The van der Waals surface area contributed by atoms with Crippen LogP contribution in [-0.4, -0.2) is 146 Å². The van der Waals surface area contributed by atoms with E-state index in [0.29, 0.717) is 51.5 Å². The summed E-state index contributed by atoms with van der Waals surface area (Å²) in [6, 6.07) is 34.4. The number of esters is 3. The third-order valence-corrected chi connectivity index (χ3v) is 28.6. The highest BCUT2D eigenvalue weighted by Crippen LogP contribution is 2.35. The van der Waals surface area contributed by atoms with E-state index in [2.05, 4.69) is 62.8 Å². The minimum atomic E-state index is -1.73. The predicted octanol–water partition coefficient (Wildman–Crippen LogP) is 28.6. The minimum absolute atomic E-state index is 0.0102. The molecule has 145 heavy (non-hydrogen) atoms. The molecule has 22 heteroatoms. The van der Waals surface area contributed by atoms with Crippen LogP contribution in [0.4, 0.5) is 0 Å². The zero-order valence-corrected chi connectivity index (χ0v) is 91.6. The average molecular weight is 2020 g/mol. The molecule has 4 amide bonds. The molecular formula is C123H202N4O18. The lowest BCUT2D eigenvalue weighted by atomic mass is 9.94. The second-order valence-electron chi connectivity index (χ2n) is 41.8. The number of amides is 4. The van der Waals surface area contributed by atoms with Gasteiger partial charge in [-0.2, -0.15) is 0 Å². The molecule has 4 aromatic carbocycles. The second kappa shape index (κ2) is 85.5. The van der Waals surface area contributed by atoms with Crippen LogP contribution >= 0.6 is 0 Å². The number of hydrogen-bond donors (Lipinski definition) is 5. The topological polar surface area (TPSA) is 280 Å². The Morgan fingerprint density at radius 3 is 1.02 bits per heavy atom. The summed E-state index contributed by atoms with van der Waals surface area (Å²) in [7, 11) is 0. The first-order valence-electron chi connectivity index (χ1n) is 59.1. The Labute approximate surface area is 878 Å². The molecule has 0 aromatic heterocycles. The fraction of sp³-hybridized carbons (Fsp3) is 0.748. The number of aliphatic hydroxyl groups excluding tert-OH is 1. The van der Waals surface area contributed by atoms with Crippen molar-refractivity contribution in [1.82, 2.24) is 21.3 Å². The van der Waals surface area contributed by atoms with Crippen molar-refractivity contribution in [1.29, 1.82) is 0 Å². The summed E-state index contributed by atoms with van der Waals surface area (Å²) >= 11 is 0. The number of unbranched alkanes of at least 4 members (excludes halogenated alkanes) is 52. The van der Waals surface area contributed by atoms with Crippen LogP contribution in [0.2, 0.25) is 0 Å². The Bertz CT molecular complexity index is 3810. The van der Waals surface area contributed by atoms with Crippen LogP contribution in [0.3, 0.4) is 0 Å². The highest BCUT2D eigenvalue weighted by molar-refractivity contribution is 5.92. The van der Waals surface area contributed by atoms with Gasteiger partial charge in [0, 0.05) is 25.8 Å². The van der Waals surface area contributed by atoms with E-state index in [0.717, 1.165) is 183 Å². The Kier molecular flexibility index (Phi) is 74.6. The molecule has 22 nitrogen and oxygen atoms in total. The fourth-order valence-electron chi connectivity index (χ4n) is 19.8. The zero-order valence-electron chi connectivity index (χ0n) is 91.6. The summed E-state index contributed by atoms with van der Waals surface area (Å²) in [4.78, 5) is 104. The fourth-order valence-corrected chi connectivity index (χ4v) is 19.8. The standard InChI is InChI=1S/C123H202N4O18/c1-7-13-19-25-31-36-39-44-49-55-73-87-109(128)125-106(121(135)124-90-76-58-52-30-24-18-12-6)93-111(130)127-115-119(145-114(133)92-105(86-72-54-48-43-35-29-23-17-11-5)142-113(132)89-75-57-51-46-41-38-33-27-21-15-9-3)117(134)107(98-136-94-100-77-63-59-64-78-100)143-122(115)140-99-108-118(137-95-101-79-65-60-66-80-101)120(138-96-102-81-67-61-68-82-102)116(123(144-108)139-97-103-83-69-62-70-84-103)126-110(129)91-104(85-71-53-47-42-34-28-22-16-10-4)141-112(131)88-74-56-50-45-40-37-32-26-20-14-8-2/h59-70,77-84,104-108,115-120,122-123,134H,7-58,71-76,85-99H2,1-6H3,(H,124,135)(H,125,128)(H,126,129)(H,127,130)/t104-,105-,106+,107-,108-,115+,116+,117-,118-,119-,120-,122-,123+/m1/s1. The van der Waals surface area contributed by atoms with Gasteiger partial charge >= 0.3 is 17.9 Å². The van der Waals surface area contributed by atoms with E-state index >= 15 is 14.4 Å². The van der Waals surface area contributed by atoms with Crippen LogP contribution in [0.15, 0.2) is 121 Å². The number of rotatable bonds is 93. The quantitative estimate of drug-likeness (QED) is 0.0156. The smallest absolute Gasteiger partial charge is 0.310 e. The van der Waals surface area contributed by atoms with Gasteiger partial charge in [0.1, 0.15) is 60.9 Å². The van der Waals surface area contributed by atoms with Crippen molar-refractivity contribution in [2.24, 2.45) is 0 Å². The van der Waals surface area contributed by atoms with Crippen LogP contribution in [0, 0.1) is 0 Å². The van der Waals surface area contributed by atoms with Crippen LogP contribution in [-0.2, 0) is 107 Å². The van der Waals surface area contributed by atoms with Crippen LogP contribution < -0.4 is 21.3 Å². The molecule has 4 aromatic rings. The lowest BCUT2D eigenvalue weighted by molar-refractivity contribution is -0.315. The number of nitrogens with one attached hydrogen (secondary N) is 4. The second-order valence-corrected chi connectivity index (χ2v) is 41.8. The van der Waals surface area contributed by atoms with E-state index in [1.165, 1.54) is 180 Å². The minimum Gasteiger partial charge on any atom is -0.462 e. The van der Waals surface area contributed by atoms with E-state index in [1.807, 2.05) is 121 Å². The van der Waals surface area contributed by atoms with Gasteiger partial charge in [0.25, 0.3) is 0 Å². The van der Waals surface area contributed by atoms with E-state index in [-0.39, 0.29) is 77.0 Å². The van der Waals surface area contributed by atoms with Crippen LogP contribution in [0.1, 0.15) is 488 Å². The van der Waals surface area contributed by atoms with Crippen molar-refractivity contribution in [2.45, 2.75) is 571 Å². The van der Waals surface area contributed by atoms with Crippen molar-refractivity contribution < 1.29 is 86.0 Å². The summed E-state index contributed by atoms with van der Waals surface area (Å²) in [6.07, 6.45) is 50.8. The highest BCUT2D eigenvalue weighted by atomic mass is 16.7. The molecule has 5 N–H and O–H groups in total. The molecule has 2 heterocycles. The van der Waals surface area contributed by atoms with Crippen molar-refractivity contribution in [2.75, 3.05) is 19.8 Å². The van der Waals surface area contributed by atoms with Gasteiger partial charge in [-0.05, 0) is 73.6 Å². The van der Waals surface area contributed by atoms with Gasteiger partial charge in [-0.3, -0.25) is 33.6 Å². The number of carbonyl (C=O) groups excluding carboxylic acids is 7. The van der Waals surface area contributed by atoms with E-state index < -0.39 is 122 Å². The normalized spacial score (nSPS) is 18.4. The van der Waals surface area contributed by atoms with Gasteiger partial charge in [-0.15, -0.1) is 0 Å². The summed E-state index contributed by atoms with van der Waals surface area (Å²) in [5.41, 5.74) is 3.26. The summed E-state index contributed by atoms with van der Waals surface area (Å²) in [5, 5.41) is 25.7. The maximum Gasteiger partial charge on any atom is 0.310 e. The molecule has 2 fully saturated rings. The van der Waals surface area contributed by atoms with Crippen molar-refractivity contribution in [3.8, 4) is 0 Å². The molecule has 2 saturated heterocycles. The van der Waals surface area contributed by atoms with Gasteiger partial charge in [-0.1, -0.05) is 497 Å². The first-order chi connectivity index (χ1) is 71.1. The third kappa shape index (κ3) is 61.1. The SMILES string of the molecule is CCCCCCCCCCCCCC(=O)N[C@@H](CC(=O)N[C@@H]1[C@H](OC[C@H]2O[C@H](OCc3ccccc3)[C@@H](NC(=O)C[C@@H](CCCCCCCCCCC)OC(=O)CCCCCCCCCCCCC)[C@@H](OCc3ccccc3)[C@@H]2OCc2ccccc2)O[C@H](COCc2ccccc2)[C@@H](O)[C@@H]1OC(=O)C[C@@H](CCCCCCCCCCC)OC(=O)CCCCCCCCCCCCC)C(=O)NCCCCCCCCC. The van der Waals surface area contributed by atoms with Crippen molar-refractivity contribution in [3.63, 3.8) is 0 Å². The van der Waals surface area contributed by atoms with Crippen molar-refractivity contribution in [3.05, 3.63) is 144 Å². The van der Waals surface area contributed by atoms with E-state index in [4.69, 9.17) is 47.4 Å². The lowest BCUT2D eigenvalue weighted by Crippen LogP contribution is -2.68. The molecule has 0 aliphatic carbocycles. The Morgan fingerprint density at radius 2 is 0.621 bits per heavy atom. The number of benzene rings is 4. The van der Waals surface area contributed by atoms with Gasteiger partial charge < -0.3 is 73.7 Å². The van der Waals surface area contributed by atoms with Gasteiger partial charge in [0.2, 0.25) is 23.6 Å². The monoisotopic (exact) mass is 2020 g/mol. The Balaban J connectivity index is 1.44. The molecule has 0 saturated carbocycles. The average Bonchev–Trinajstić information content (AvgIpc) is 0.779. The molecule has 2 aliphatic rings. The molecule has 6 rings (SSSR count). The first kappa shape index (κ1) is 127. The predicted molar refractivity (Wildman–Crippen MR) is 584 cm³/mol. The van der Waals surface area contributed by atoms with Crippen molar-refractivity contribution >= 4 is 41.5 Å². The first-order valence-corrected chi connectivity index (χ1v) is 59.1. The van der Waals surface area contributed by atoms with Gasteiger partial charge in [-0.25, -0.2) is 0 Å². The molecule has 0 bridgehead atoms. The van der Waals surface area contributed by atoms with E-state index in [1.54, 1.807) is 0 Å². The number of carbonyl (C=O) groups is 7. The molecule has 2 aliphatic heterocycles. The third-order valence-electron chi connectivity index (χ3n) is 28.6. The maximum atomic E-state index is 15.8. The summed E-state index contributed by atoms with van der Waals surface area (Å²) < 4.78 is 69.1. The summed E-state index contributed by atoms with van der Waals surface area (Å²) in [6.45, 7) is 13.1. The Morgan fingerprint density at radius 1 is 0.303 bits per heavy atom. The van der Waals surface area contributed by atoms with Gasteiger partial charge in [0.15, 0.2) is 18.7 Å². The van der Waals surface area contributed by atoms with Crippen LogP contribution in [0.25, 0.3) is 0 Å². The number of ether oxygens (including phenoxy) is 10. The largest absolute Gasteiger partial charge is 0.462 e. The van der Waals surface area contributed by atoms with Gasteiger partial charge in [0.05, 0.1) is 58.9 Å². The highest BCUT2D eigenvalue weighted by Gasteiger charge is 2.53. The van der Waals surface area contributed by atoms with Crippen LogP contribution in [0.5, 0.6) is 0 Å². The summed E-state index contributed by atoms with van der Waals surface area (Å²) in [5.74, 6) is -3.67. The number of hydrogen-bond acceptors (Lipinski definition) is 18. The molecule has 13 atom stereocenters. The number of aliphatic hydroxyl groups is 1. The Hall–Kier alpha value is -7.15. The van der Waals surface area contributed by atoms with E-state index in [9.17, 15) is 24.3 Å². The molecule has 0 radical (unpaired) electrons. The maximum absolute atomic E-state index is 15.8. The lowest BCUT2D eigenvalue weighted by Gasteiger charge is -2.47. The molecule has 0 unspecified atom stereocenters. The molecule has 0 spiro atoms. The molecule has 822 valence electrons. The zero-order chi connectivity index (χ0) is 104.